The van der Waals surface area contributed by atoms with E-state index in [0.29, 0.717) is 9.13 Å². The molecule has 31 heavy (non-hydrogen) atoms. The molecule has 0 saturated carbocycles. The number of hydrogen-bond acceptors (Lipinski definition) is 5. The summed E-state index contributed by atoms with van der Waals surface area (Å²) in [5.74, 6) is -2.80. The van der Waals surface area contributed by atoms with E-state index < -0.39 is 23.3 Å². The quantitative estimate of drug-likeness (QED) is 0.412. The normalized spacial score (nSPS) is 10.6. The molecule has 3 aromatic rings. The number of amides is 1. The number of aromatic carboxylic acids is 1. The topological polar surface area (TPSA) is 124 Å². The zero-order valence-corrected chi connectivity index (χ0v) is 18.6. The van der Waals surface area contributed by atoms with Gasteiger partial charge in [0.2, 0.25) is 0 Å². The first-order valence-electron chi connectivity index (χ1n) is 8.86. The number of aromatic nitrogens is 1. The number of nitrogens with one attached hydrogen (secondary N) is 1. The Hall–Kier alpha value is -3.41. The van der Waals surface area contributed by atoms with E-state index in [1.807, 2.05) is 22.6 Å². The third-order valence-corrected chi connectivity index (χ3v) is 5.24. The van der Waals surface area contributed by atoms with Crippen LogP contribution in [-0.2, 0) is 7.05 Å². The van der Waals surface area contributed by atoms with Gasteiger partial charge in [0.1, 0.15) is 28.7 Å². The van der Waals surface area contributed by atoms with Crippen molar-refractivity contribution in [3.8, 4) is 11.5 Å². The van der Waals surface area contributed by atoms with Crippen LogP contribution in [0.2, 0.25) is 0 Å². The molecule has 160 valence electrons. The van der Waals surface area contributed by atoms with Crippen molar-refractivity contribution in [1.29, 1.82) is 0 Å². The largest absolute Gasteiger partial charge is 0.478 e. The smallest absolute Gasteiger partial charge is 0.336 e. The molecule has 3 rings (SSSR count). The lowest BCUT2D eigenvalue weighted by molar-refractivity contribution is 0.0695. The van der Waals surface area contributed by atoms with Gasteiger partial charge in [-0.2, -0.15) is 0 Å². The molecular formula is C21H17FIN3O5. The molecule has 0 spiro atoms. The summed E-state index contributed by atoms with van der Waals surface area (Å²) in [5, 5.41) is 12.0. The van der Waals surface area contributed by atoms with Gasteiger partial charge in [-0.05, 0) is 59.8 Å². The van der Waals surface area contributed by atoms with Crippen LogP contribution in [0.4, 0.5) is 15.9 Å². The van der Waals surface area contributed by atoms with Crippen molar-refractivity contribution in [3.05, 3.63) is 78.9 Å². The fraction of sp³-hybridized carbons (Fsp3) is 0.0952. The number of pyridine rings is 1. The molecule has 0 unspecified atom stereocenters. The Labute approximate surface area is 189 Å². The number of hydrogen-bond donors (Lipinski definition) is 3. The summed E-state index contributed by atoms with van der Waals surface area (Å²) in [7, 11) is 1.39. The fourth-order valence-electron chi connectivity index (χ4n) is 2.93. The third kappa shape index (κ3) is 4.53. The summed E-state index contributed by atoms with van der Waals surface area (Å²) < 4.78 is 21.9. The zero-order chi connectivity index (χ0) is 22.9. The van der Waals surface area contributed by atoms with E-state index in [1.165, 1.54) is 44.3 Å². The number of carboxylic acid groups (broad SMARTS) is 1. The van der Waals surface area contributed by atoms with E-state index >= 15 is 0 Å². The van der Waals surface area contributed by atoms with Crippen LogP contribution in [0.15, 0.2) is 47.3 Å². The van der Waals surface area contributed by atoms with Gasteiger partial charge in [0.25, 0.3) is 11.5 Å². The van der Waals surface area contributed by atoms with Crippen LogP contribution in [-0.4, -0.2) is 21.6 Å². The average molecular weight is 537 g/mol. The van der Waals surface area contributed by atoms with Crippen molar-refractivity contribution in [2.24, 2.45) is 12.8 Å². The summed E-state index contributed by atoms with van der Waals surface area (Å²) in [6, 6.07) is 9.81. The lowest BCUT2D eigenvalue weighted by atomic mass is 10.1. The number of halogens is 2. The molecule has 1 amide bonds. The molecule has 0 fully saturated rings. The zero-order valence-electron chi connectivity index (χ0n) is 16.4. The predicted molar refractivity (Wildman–Crippen MR) is 121 cm³/mol. The standard InChI is InChI=1S/C21H17FIN3O5/c1-10-12(21(29)30)4-3-5-15(10)31-16-9-17(27)26(2)20(18(16)19(24)28)25-14-7-6-11(23)8-13(14)22/h3-9,25H,1-2H3,(H2,24,28)(H,29,30). The first-order chi connectivity index (χ1) is 14.6. The van der Waals surface area contributed by atoms with Crippen LogP contribution in [0.1, 0.15) is 26.3 Å². The van der Waals surface area contributed by atoms with Gasteiger partial charge < -0.3 is 20.9 Å². The van der Waals surface area contributed by atoms with E-state index in [0.717, 1.165) is 10.6 Å². The van der Waals surface area contributed by atoms with E-state index in [4.69, 9.17) is 10.5 Å². The molecule has 0 saturated heterocycles. The lowest BCUT2D eigenvalue weighted by Crippen LogP contribution is -2.25. The van der Waals surface area contributed by atoms with E-state index in [-0.39, 0.29) is 34.1 Å². The minimum atomic E-state index is -1.15. The van der Waals surface area contributed by atoms with Crippen LogP contribution in [0, 0.1) is 16.3 Å². The first-order valence-corrected chi connectivity index (χ1v) is 9.94. The van der Waals surface area contributed by atoms with E-state index in [9.17, 15) is 23.9 Å². The van der Waals surface area contributed by atoms with Crippen molar-refractivity contribution in [2.75, 3.05) is 5.32 Å². The summed E-state index contributed by atoms with van der Waals surface area (Å²) in [6.07, 6.45) is 0. The van der Waals surface area contributed by atoms with E-state index in [1.54, 1.807) is 6.07 Å². The van der Waals surface area contributed by atoms with Crippen molar-refractivity contribution in [2.45, 2.75) is 6.92 Å². The van der Waals surface area contributed by atoms with Crippen molar-refractivity contribution in [1.82, 2.24) is 4.57 Å². The second-order valence-electron chi connectivity index (χ2n) is 6.58. The summed E-state index contributed by atoms with van der Waals surface area (Å²) in [5.41, 5.74) is 5.13. The molecular weight excluding hydrogens is 520 g/mol. The highest BCUT2D eigenvalue weighted by Gasteiger charge is 2.22. The second-order valence-corrected chi connectivity index (χ2v) is 7.82. The van der Waals surface area contributed by atoms with Gasteiger partial charge in [0.15, 0.2) is 0 Å². The molecule has 0 aliphatic heterocycles. The lowest BCUT2D eigenvalue weighted by Gasteiger charge is -2.19. The average Bonchev–Trinajstić information content (AvgIpc) is 2.68. The molecule has 0 bridgehead atoms. The molecule has 0 radical (unpaired) electrons. The Morgan fingerprint density at radius 2 is 1.90 bits per heavy atom. The number of benzene rings is 2. The third-order valence-electron chi connectivity index (χ3n) is 4.57. The second kappa shape index (κ2) is 8.76. The van der Waals surface area contributed by atoms with Crippen LogP contribution >= 0.6 is 22.6 Å². The SMILES string of the molecule is Cc1c(Oc2cc(=O)n(C)c(Nc3ccc(I)cc3F)c2C(N)=O)cccc1C(=O)O. The van der Waals surface area contributed by atoms with Crippen LogP contribution < -0.4 is 21.3 Å². The van der Waals surface area contributed by atoms with Gasteiger partial charge in [-0.3, -0.25) is 14.2 Å². The monoisotopic (exact) mass is 537 g/mol. The Bertz CT molecular complexity index is 1270. The molecule has 4 N–H and O–H groups in total. The van der Waals surface area contributed by atoms with Crippen molar-refractivity contribution >= 4 is 46.0 Å². The Morgan fingerprint density at radius 1 is 1.19 bits per heavy atom. The summed E-state index contributed by atoms with van der Waals surface area (Å²) in [6.45, 7) is 1.53. The van der Waals surface area contributed by atoms with Gasteiger partial charge in [-0.25, -0.2) is 9.18 Å². The minimum Gasteiger partial charge on any atom is -0.478 e. The van der Waals surface area contributed by atoms with Crippen LogP contribution in [0.25, 0.3) is 0 Å². The van der Waals surface area contributed by atoms with Crippen LogP contribution in [0.5, 0.6) is 11.5 Å². The highest BCUT2D eigenvalue weighted by molar-refractivity contribution is 14.1. The highest BCUT2D eigenvalue weighted by atomic mass is 127. The molecule has 0 aliphatic carbocycles. The maximum absolute atomic E-state index is 14.4. The van der Waals surface area contributed by atoms with Gasteiger partial charge in [0, 0.05) is 22.2 Å². The molecule has 0 atom stereocenters. The van der Waals surface area contributed by atoms with Crippen molar-refractivity contribution < 1.29 is 23.8 Å². The number of carboxylic acids is 1. The predicted octanol–water partition coefficient (Wildman–Crippen LogP) is 3.77. The summed E-state index contributed by atoms with van der Waals surface area (Å²) in [4.78, 5) is 36.2. The summed E-state index contributed by atoms with van der Waals surface area (Å²) >= 11 is 1.95. The first kappa shape index (κ1) is 22.3. The number of anilines is 2. The Balaban J connectivity index is 2.17. The highest BCUT2D eigenvalue weighted by Crippen LogP contribution is 2.33. The fourth-order valence-corrected chi connectivity index (χ4v) is 3.39. The van der Waals surface area contributed by atoms with E-state index in [2.05, 4.69) is 5.32 Å². The molecule has 2 aromatic carbocycles. The molecule has 10 heteroatoms. The van der Waals surface area contributed by atoms with Gasteiger partial charge in [-0.1, -0.05) is 6.07 Å². The maximum Gasteiger partial charge on any atom is 0.336 e. The number of nitrogens with two attached hydrogens (primary N) is 1. The Kier molecular flexibility index (Phi) is 6.29. The molecule has 8 nitrogen and oxygen atoms in total. The van der Waals surface area contributed by atoms with Crippen molar-refractivity contribution in [3.63, 3.8) is 0 Å². The number of rotatable bonds is 6. The number of carbonyl (C=O) groups is 2. The molecule has 0 aliphatic rings. The van der Waals surface area contributed by atoms with Gasteiger partial charge >= 0.3 is 5.97 Å². The maximum atomic E-state index is 14.4. The number of carbonyl (C=O) groups excluding carboxylic acids is 1. The van der Waals surface area contributed by atoms with Crippen LogP contribution in [0.3, 0.4) is 0 Å². The molecule has 1 heterocycles. The number of nitrogens with zero attached hydrogens (tertiary/aromatic N) is 1. The van der Waals surface area contributed by atoms with Gasteiger partial charge in [0.05, 0.1) is 11.3 Å². The Morgan fingerprint density at radius 3 is 2.52 bits per heavy atom. The minimum absolute atomic E-state index is 0.00117. The molecule has 1 aromatic heterocycles. The van der Waals surface area contributed by atoms with Gasteiger partial charge in [-0.15, -0.1) is 0 Å². The number of ether oxygens (including phenoxy) is 1. The number of primary amides is 1.